The van der Waals surface area contributed by atoms with Gasteiger partial charge in [-0.2, -0.15) is 0 Å². The van der Waals surface area contributed by atoms with Gasteiger partial charge in [-0.15, -0.1) is 0 Å². The molecule has 0 radical (unpaired) electrons. The van der Waals surface area contributed by atoms with Crippen LogP contribution in [-0.4, -0.2) is 21.8 Å². The highest BCUT2D eigenvalue weighted by atomic mass is 32.2. The Kier molecular flexibility index (Phi) is 4.76. The minimum atomic E-state index is -3.30. The number of nitrogens with one attached hydrogen (secondary N) is 1. The van der Waals surface area contributed by atoms with Crippen LogP contribution >= 0.6 is 0 Å². The Balaban J connectivity index is 2.26. The Morgan fingerprint density at radius 2 is 1.73 bits per heavy atom. The predicted molar refractivity (Wildman–Crippen MR) is 89.3 cm³/mol. The quantitative estimate of drug-likeness (QED) is 0.915. The minimum absolute atomic E-state index is 0.0326. The first-order valence-corrected chi connectivity index (χ1v) is 8.91. The summed E-state index contributed by atoms with van der Waals surface area (Å²) in [6, 6.07) is 13.3. The van der Waals surface area contributed by atoms with E-state index in [1.54, 1.807) is 12.1 Å². The summed E-state index contributed by atoms with van der Waals surface area (Å²) in [6.45, 7) is 4.07. The normalized spacial score (nSPS) is 12.7. The number of aryl methyl sites for hydroxylation is 1. The van der Waals surface area contributed by atoms with E-state index in [2.05, 4.69) is 5.32 Å². The summed E-state index contributed by atoms with van der Waals surface area (Å²) >= 11 is 0. The molecule has 2 aromatic rings. The molecule has 118 valence electrons. The van der Waals surface area contributed by atoms with Crippen molar-refractivity contribution in [2.24, 2.45) is 0 Å². The van der Waals surface area contributed by atoms with E-state index in [1.807, 2.05) is 44.2 Å². The Hall–Kier alpha value is -2.01. The van der Waals surface area contributed by atoms with E-state index in [9.17, 15) is 8.42 Å². The van der Waals surface area contributed by atoms with Gasteiger partial charge in [0.1, 0.15) is 10.6 Å². The summed E-state index contributed by atoms with van der Waals surface area (Å²) in [7, 11) is -1.82. The lowest BCUT2D eigenvalue weighted by atomic mass is 10.1. The molecule has 0 heterocycles. The van der Waals surface area contributed by atoms with Crippen molar-refractivity contribution in [1.82, 2.24) is 0 Å². The standard InChI is InChI=1S/C17H21NO3S/c1-12-5-8-15(9-6-12)18-13(2)14-7-10-17(22(4,19)20)16(11-14)21-3/h5-11,13,18H,1-4H3/t13-/m0/s1. The lowest BCUT2D eigenvalue weighted by Gasteiger charge is -2.17. The van der Waals surface area contributed by atoms with Crippen molar-refractivity contribution in [1.29, 1.82) is 0 Å². The summed E-state index contributed by atoms with van der Waals surface area (Å²) in [5.74, 6) is 0.373. The molecule has 0 aliphatic rings. The fourth-order valence-corrected chi connectivity index (χ4v) is 3.07. The van der Waals surface area contributed by atoms with Crippen molar-refractivity contribution in [3.05, 3.63) is 53.6 Å². The SMILES string of the molecule is COc1cc([C@H](C)Nc2ccc(C)cc2)ccc1S(C)(=O)=O. The molecular weight excluding hydrogens is 298 g/mol. The molecule has 22 heavy (non-hydrogen) atoms. The third-order valence-electron chi connectivity index (χ3n) is 3.52. The number of benzene rings is 2. The topological polar surface area (TPSA) is 55.4 Å². The lowest BCUT2D eigenvalue weighted by molar-refractivity contribution is 0.402. The summed E-state index contributed by atoms with van der Waals surface area (Å²) in [5.41, 5.74) is 3.19. The molecule has 0 bridgehead atoms. The highest BCUT2D eigenvalue weighted by Gasteiger charge is 2.16. The van der Waals surface area contributed by atoms with Crippen molar-refractivity contribution in [3.63, 3.8) is 0 Å². The van der Waals surface area contributed by atoms with E-state index in [4.69, 9.17) is 4.74 Å². The van der Waals surface area contributed by atoms with Crippen LogP contribution in [0.15, 0.2) is 47.4 Å². The monoisotopic (exact) mass is 319 g/mol. The Labute approximate surface area is 132 Å². The van der Waals surface area contributed by atoms with E-state index < -0.39 is 9.84 Å². The van der Waals surface area contributed by atoms with E-state index in [1.165, 1.54) is 18.9 Å². The molecule has 0 fully saturated rings. The molecule has 0 saturated carbocycles. The van der Waals surface area contributed by atoms with Gasteiger partial charge in [0, 0.05) is 18.0 Å². The molecular formula is C17H21NO3S. The number of sulfone groups is 1. The molecule has 0 saturated heterocycles. The van der Waals surface area contributed by atoms with E-state index in [0.29, 0.717) is 5.75 Å². The average molecular weight is 319 g/mol. The first-order valence-electron chi connectivity index (χ1n) is 7.02. The van der Waals surface area contributed by atoms with E-state index >= 15 is 0 Å². The Morgan fingerprint density at radius 1 is 1.09 bits per heavy atom. The first-order chi connectivity index (χ1) is 10.3. The fourth-order valence-electron chi connectivity index (χ4n) is 2.24. The van der Waals surface area contributed by atoms with Crippen LogP contribution in [0.5, 0.6) is 5.75 Å². The smallest absolute Gasteiger partial charge is 0.179 e. The lowest BCUT2D eigenvalue weighted by Crippen LogP contribution is -2.08. The number of hydrogen-bond acceptors (Lipinski definition) is 4. The van der Waals surface area contributed by atoms with Gasteiger partial charge in [0.2, 0.25) is 0 Å². The van der Waals surface area contributed by atoms with Crippen LogP contribution in [0.1, 0.15) is 24.1 Å². The van der Waals surface area contributed by atoms with Crippen molar-refractivity contribution < 1.29 is 13.2 Å². The van der Waals surface area contributed by atoms with Gasteiger partial charge < -0.3 is 10.1 Å². The zero-order valence-electron chi connectivity index (χ0n) is 13.3. The van der Waals surface area contributed by atoms with Crippen molar-refractivity contribution in [2.75, 3.05) is 18.7 Å². The van der Waals surface area contributed by atoms with Gasteiger partial charge in [-0.1, -0.05) is 23.8 Å². The molecule has 1 N–H and O–H groups in total. The Morgan fingerprint density at radius 3 is 2.27 bits per heavy atom. The van der Waals surface area contributed by atoms with E-state index in [0.717, 1.165) is 11.3 Å². The van der Waals surface area contributed by atoms with Crippen LogP contribution in [0.2, 0.25) is 0 Å². The largest absolute Gasteiger partial charge is 0.495 e. The molecule has 0 aliphatic carbocycles. The molecule has 0 amide bonds. The Bertz CT molecular complexity index is 752. The second-order valence-corrected chi connectivity index (χ2v) is 7.40. The molecule has 4 nitrogen and oxygen atoms in total. The zero-order chi connectivity index (χ0) is 16.3. The molecule has 5 heteroatoms. The summed E-state index contributed by atoms with van der Waals surface area (Å²) in [6.07, 6.45) is 1.18. The number of hydrogen-bond donors (Lipinski definition) is 1. The van der Waals surface area contributed by atoms with Gasteiger partial charge in [-0.25, -0.2) is 8.42 Å². The molecule has 0 unspecified atom stereocenters. The zero-order valence-corrected chi connectivity index (χ0v) is 14.1. The van der Waals surface area contributed by atoms with Crippen LogP contribution < -0.4 is 10.1 Å². The highest BCUT2D eigenvalue weighted by molar-refractivity contribution is 7.90. The molecule has 1 atom stereocenters. The van der Waals surface area contributed by atoms with Crippen LogP contribution in [0.4, 0.5) is 5.69 Å². The fraction of sp³-hybridized carbons (Fsp3) is 0.294. The third-order valence-corrected chi connectivity index (χ3v) is 4.66. The number of anilines is 1. The maximum Gasteiger partial charge on any atom is 0.179 e. The molecule has 0 aliphatic heterocycles. The number of rotatable bonds is 5. The van der Waals surface area contributed by atoms with Gasteiger partial charge in [0.15, 0.2) is 9.84 Å². The molecule has 2 rings (SSSR count). The predicted octanol–water partition coefficient (Wildman–Crippen LogP) is 3.58. The van der Waals surface area contributed by atoms with E-state index in [-0.39, 0.29) is 10.9 Å². The summed E-state index contributed by atoms with van der Waals surface area (Å²) in [5, 5.41) is 3.39. The third kappa shape index (κ3) is 3.80. The first kappa shape index (κ1) is 16.4. The van der Waals surface area contributed by atoms with Crippen LogP contribution in [0.3, 0.4) is 0 Å². The average Bonchev–Trinajstić information content (AvgIpc) is 2.48. The molecule has 0 aromatic heterocycles. The maximum absolute atomic E-state index is 11.7. The van der Waals surface area contributed by atoms with Crippen molar-refractivity contribution >= 4 is 15.5 Å². The second kappa shape index (κ2) is 6.40. The minimum Gasteiger partial charge on any atom is -0.495 e. The second-order valence-electron chi connectivity index (χ2n) is 5.41. The van der Waals surface area contributed by atoms with Gasteiger partial charge in [-0.05, 0) is 43.7 Å². The number of methoxy groups -OCH3 is 1. The van der Waals surface area contributed by atoms with Crippen molar-refractivity contribution in [2.45, 2.75) is 24.8 Å². The number of ether oxygens (including phenoxy) is 1. The summed E-state index contributed by atoms with van der Waals surface area (Å²) < 4.78 is 28.7. The molecule has 2 aromatic carbocycles. The van der Waals surface area contributed by atoms with Crippen LogP contribution in [0.25, 0.3) is 0 Å². The molecule has 0 spiro atoms. The van der Waals surface area contributed by atoms with Gasteiger partial charge >= 0.3 is 0 Å². The summed E-state index contributed by atoms with van der Waals surface area (Å²) in [4.78, 5) is 0.210. The van der Waals surface area contributed by atoms with Crippen molar-refractivity contribution in [3.8, 4) is 5.75 Å². The van der Waals surface area contributed by atoms with Gasteiger partial charge in [0.05, 0.1) is 7.11 Å². The van der Waals surface area contributed by atoms with Crippen LogP contribution in [0, 0.1) is 6.92 Å². The highest BCUT2D eigenvalue weighted by Crippen LogP contribution is 2.29. The van der Waals surface area contributed by atoms with Gasteiger partial charge in [0.25, 0.3) is 0 Å². The van der Waals surface area contributed by atoms with Crippen LogP contribution in [-0.2, 0) is 9.84 Å². The van der Waals surface area contributed by atoms with Gasteiger partial charge in [-0.3, -0.25) is 0 Å². The maximum atomic E-state index is 11.7.